The largest absolute Gasteiger partial charge is 0.464 e. The molecule has 0 N–H and O–H groups in total. The third-order valence-corrected chi connectivity index (χ3v) is 7.33. The average Bonchev–Trinajstić information content (AvgIpc) is 3.26. The van der Waals surface area contributed by atoms with Gasteiger partial charge in [0.1, 0.15) is 11.2 Å². The number of esters is 1. The molecule has 30 heavy (non-hydrogen) atoms. The molecule has 0 atom stereocenters. The molecule has 1 saturated carbocycles. The standard InChI is InChI=1S/C21H23N3O5S/c1-28-21(25)17-14-29-19(23-17)13-24(16-9-3-2-4-10-16)30(26,27)18-11-5-7-15-8-6-12-22-20(15)18/h5-8,11-12,14,16H,2-4,9-10,13H2,1H3. The molecular formula is C21H23N3O5S. The number of ether oxygens (including phenoxy) is 1. The molecule has 0 spiro atoms. The number of carbonyl (C=O) groups excluding carboxylic acids is 1. The first-order chi connectivity index (χ1) is 14.5. The number of hydrogen-bond acceptors (Lipinski definition) is 7. The van der Waals surface area contributed by atoms with Crippen LogP contribution in [-0.4, -0.2) is 41.8 Å². The summed E-state index contributed by atoms with van der Waals surface area (Å²) < 4.78 is 39.0. The molecule has 0 unspecified atom stereocenters. The Kier molecular flexibility index (Phi) is 5.83. The van der Waals surface area contributed by atoms with Crippen molar-refractivity contribution in [3.05, 3.63) is 54.4 Å². The van der Waals surface area contributed by atoms with Crippen molar-refractivity contribution < 1.29 is 22.4 Å². The van der Waals surface area contributed by atoms with Crippen LogP contribution >= 0.6 is 0 Å². The second kappa shape index (κ2) is 8.53. The van der Waals surface area contributed by atoms with Gasteiger partial charge >= 0.3 is 5.97 Å². The van der Waals surface area contributed by atoms with E-state index in [-0.39, 0.29) is 29.1 Å². The van der Waals surface area contributed by atoms with Gasteiger partial charge in [0.15, 0.2) is 5.69 Å². The topological polar surface area (TPSA) is 103 Å². The maximum absolute atomic E-state index is 13.8. The molecule has 158 valence electrons. The lowest BCUT2D eigenvalue weighted by atomic mass is 9.95. The van der Waals surface area contributed by atoms with Gasteiger partial charge in [-0.3, -0.25) is 4.98 Å². The van der Waals surface area contributed by atoms with Crippen LogP contribution in [0.3, 0.4) is 0 Å². The zero-order chi connectivity index (χ0) is 21.1. The molecule has 1 aliphatic carbocycles. The van der Waals surface area contributed by atoms with Gasteiger partial charge in [-0.25, -0.2) is 18.2 Å². The monoisotopic (exact) mass is 429 g/mol. The maximum atomic E-state index is 13.8. The van der Waals surface area contributed by atoms with Crippen LogP contribution in [-0.2, 0) is 21.3 Å². The number of nitrogens with zero attached hydrogens (tertiary/aromatic N) is 3. The number of benzene rings is 1. The van der Waals surface area contributed by atoms with E-state index in [4.69, 9.17) is 4.42 Å². The summed E-state index contributed by atoms with van der Waals surface area (Å²) in [7, 11) is -2.63. The number of rotatable bonds is 6. The van der Waals surface area contributed by atoms with Gasteiger partial charge in [-0.2, -0.15) is 4.31 Å². The van der Waals surface area contributed by atoms with Crippen molar-refractivity contribution in [2.24, 2.45) is 0 Å². The molecule has 0 amide bonds. The fraction of sp³-hybridized carbons (Fsp3) is 0.381. The zero-order valence-corrected chi connectivity index (χ0v) is 17.5. The summed E-state index contributed by atoms with van der Waals surface area (Å²) in [6.45, 7) is -0.0623. The van der Waals surface area contributed by atoms with Gasteiger partial charge in [0.2, 0.25) is 15.9 Å². The molecular weight excluding hydrogens is 406 g/mol. The van der Waals surface area contributed by atoms with Gasteiger partial charge in [-0.05, 0) is 25.0 Å². The molecule has 4 rings (SSSR count). The highest BCUT2D eigenvalue weighted by molar-refractivity contribution is 7.89. The Bertz CT molecular complexity index is 1150. The highest BCUT2D eigenvalue weighted by Gasteiger charge is 2.35. The van der Waals surface area contributed by atoms with Crippen molar-refractivity contribution in [2.45, 2.75) is 49.6 Å². The molecule has 2 heterocycles. The third kappa shape index (κ3) is 3.95. The van der Waals surface area contributed by atoms with Gasteiger partial charge < -0.3 is 9.15 Å². The average molecular weight is 429 g/mol. The summed E-state index contributed by atoms with van der Waals surface area (Å²) in [4.78, 5) is 20.3. The van der Waals surface area contributed by atoms with Crippen molar-refractivity contribution in [3.63, 3.8) is 0 Å². The predicted molar refractivity (Wildman–Crippen MR) is 109 cm³/mol. The number of sulfonamides is 1. The molecule has 1 fully saturated rings. The van der Waals surface area contributed by atoms with Crippen molar-refractivity contribution in [3.8, 4) is 0 Å². The highest BCUT2D eigenvalue weighted by atomic mass is 32.2. The molecule has 9 heteroatoms. The van der Waals surface area contributed by atoms with Gasteiger partial charge in [0.25, 0.3) is 0 Å². The van der Waals surface area contributed by atoms with E-state index in [9.17, 15) is 13.2 Å². The summed E-state index contributed by atoms with van der Waals surface area (Å²) in [5, 5.41) is 0.756. The Hall–Kier alpha value is -2.78. The molecule has 0 saturated heterocycles. The number of methoxy groups -OCH3 is 1. The van der Waals surface area contributed by atoms with Crippen LogP contribution in [0.2, 0.25) is 0 Å². The number of hydrogen-bond donors (Lipinski definition) is 0. The van der Waals surface area contributed by atoms with Crippen LogP contribution in [0.25, 0.3) is 10.9 Å². The fourth-order valence-corrected chi connectivity index (χ4v) is 5.71. The number of para-hydroxylation sites is 1. The molecule has 0 radical (unpaired) electrons. The quantitative estimate of drug-likeness (QED) is 0.552. The zero-order valence-electron chi connectivity index (χ0n) is 16.7. The minimum absolute atomic E-state index is 0.0142. The SMILES string of the molecule is COC(=O)c1coc(CN(C2CCCCC2)S(=O)(=O)c2cccc3cccnc23)n1. The summed E-state index contributed by atoms with van der Waals surface area (Å²) in [5.74, 6) is -0.479. The van der Waals surface area contributed by atoms with Crippen molar-refractivity contribution in [1.29, 1.82) is 0 Å². The second-order valence-corrected chi connectivity index (χ2v) is 9.15. The molecule has 3 aromatic rings. The van der Waals surface area contributed by atoms with Crippen LogP contribution in [0.15, 0.2) is 52.1 Å². The van der Waals surface area contributed by atoms with Gasteiger partial charge in [-0.1, -0.05) is 37.5 Å². The van der Waals surface area contributed by atoms with Crippen LogP contribution in [0.4, 0.5) is 0 Å². The minimum Gasteiger partial charge on any atom is -0.464 e. The van der Waals surface area contributed by atoms with Crippen LogP contribution in [0, 0.1) is 0 Å². The van der Waals surface area contributed by atoms with E-state index in [1.54, 1.807) is 24.4 Å². The first kappa shape index (κ1) is 20.5. The number of carbonyl (C=O) groups is 1. The van der Waals surface area contributed by atoms with Crippen LogP contribution in [0.1, 0.15) is 48.5 Å². The van der Waals surface area contributed by atoms with Gasteiger partial charge in [-0.15, -0.1) is 0 Å². The van der Waals surface area contributed by atoms with Gasteiger partial charge in [0, 0.05) is 17.6 Å². The molecule has 0 aliphatic heterocycles. The summed E-state index contributed by atoms with van der Waals surface area (Å²) in [5.41, 5.74) is 0.448. The third-order valence-electron chi connectivity index (χ3n) is 5.40. The van der Waals surface area contributed by atoms with E-state index in [0.717, 1.165) is 37.5 Å². The normalized spacial score (nSPS) is 15.5. The van der Waals surface area contributed by atoms with E-state index in [1.807, 2.05) is 12.1 Å². The Morgan fingerprint density at radius 1 is 1.20 bits per heavy atom. The molecule has 2 aromatic heterocycles. The molecule has 8 nitrogen and oxygen atoms in total. The van der Waals surface area contributed by atoms with Crippen LogP contribution < -0.4 is 0 Å². The Labute approximate surface area is 174 Å². The number of aromatic nitrogens is 2. The predicted octanol–water partition coefficient (Wildman–Crippen LogP) is 3.53. The highest BCUT2D eigenvalue weighted by Crippen LogP contribution is 2.31. The molecule has 1 aromatic carbocycles. The first-order valence-electron chi connectivity index (χ1n) is 9.89. The van der Waals surface area contributed by atoms with Crippen molar-refractivity contribution in [1.82, 2.24) is 14.3 Å². The Balaban J connectivity index is 1.75. The van der Waals surface area contributed by atoms with E-state index >= 15 is 0 Å². The van der Waals surface area contributed by atoms with E-state index in [2.05, 4.69) is 14.7 Å². The first-order valence-corrected chi connectivity index (χ1v) is 11.3. The van der Waals surface area contributed by atoms with Crippen molar-refractivity contribution >= 4 is 26.9 Å². The lowest BCUT2D eigenvalue weighted by Crippen LogP contribution is -2.41. The minimum atomic E-state index is -3.89. The van der Waals surface area contributed by atoms with Crippen molar-refractivity contribution in [2.75, 3.05) is 7.11 Å². The Morgan fingerprint density at radius 2 is 1.97 bits per heavy atom. The summed E-state index contributed by atoms with van der Waals surface area (Å²) >= 11 is 0. The number of pyridine rings is 1. The van der Waals surface area contributed by atoms with E-state index < -0.39 is 16.0 Å². The number of fused-ring (bicyclic) bond motifs is 1. The molecule has 1 aliphatic rings. The second-order valence-electron chi connectivity index (χ2n) is 7.29. The summed E-state index contributed by atoms with van der Waals surface area (Å²) in [6, 6.07) is 8.58. The smallest absolute Gasteiger partial charge is 0.360 e. The van der Waals surface area contributed by atoms with Crippen LogP contribution in [0.5, 0.6) is 0 Å². The fourth-order valence-electron chi connectivity index (χ4n) is 3.91. The summed E-state index contributed by atoms with van der Waals surface area (Å²) in [6.07, 6.45) is 7.32. The lowest BCUT2D eigenvalue weighted by molar-refractivity contribution is 0.0594. The lowest BCUT2D eigenvalue weighted by Gasteiger charge is -2.32. The van der Waals surface area contributed by atoms with E-state index in [1.165, 1.54) is 17.7 Å². The van der Waals surface area contributed by atoms with E-state index in [0.29, 0.717) is 5.52 Å². The Morgan fingerprint density at radius 3 is 2.73 bits per heavy atom. The maximum Gasteiger partial charge on any atom is 0.360 e. The molecule has 0 bridgehead atoms. The van der Waals surface area contributed by atoms with Gasteiger partial charge in [0.05, 0.1) is 19.2 Å². The number of oxazole rings is 1.